The Hall–Kier alpha value is -3.33. The molecule has 0 bridgehead atoms. The van der Waals surface area contributed by atoms with Crippen LogP contribution in [0.2, 0.25) is 0 Å². The monoisotopic (exact) mass is 216 g/mol. The fourth-order valence-electron chi connectivity index (χ4n) is 1.38. The topological polar surface area (TPSA) is 119 Å². The van der Waals surface area contributed by atoms with Crippen molar-refractivity contribution in [3.8, 4) is 30.3 Å². The van der Waals surface area contributed by atoms with Crippen molar-refractivity contribution >= 4 is 0 Å². The van der Waals surface area contributed by atoms with Gasteiger partial charge in [-0.25, -0.2) is 0 Å². The lowest BCUT2D eigenvalue weighted by atomic mass is 9.89. The van der Waals surface area contributed by atoms with Crippen molar-refractivity contribution in [2.75, 3.05) is 0 Å². The summed E-state index contributed by atoms with van der Waals surface area (Å²) >= 11 is 0. The number of nitrogens with zero attached hydrogens (tertiary/aromatic N) is 5. The van der Waals surface area contributed by atoms with Gasteiger partial charge < -0.3 is 0 Å². The largest absolute Gasteiger partial charge is 0.192 e. The molecule has 0 saturated heterocycles. The number of rotatable bonds is 0. The van der Waals surface area contributed by atoms with Crippen LogP contribution in [-0.4, -0.2) is 0 Å². The van der Waals surface area contributed by atoms with E-state index >= 15 is 0 Å². The standard InChI is InChI=1S/C12H2N5/c1-7-8(2-13)10(4-15)12(6-17)11(5-16)9(7)3-14/h1H2. The van der Waals surface area contributed by atoms with Crippen molar-refractivity contribution in [1.82, 2.24) is 0 Å². The first-order chi connectivity index (χ1) is 8.15. The van der Waals surface area contributed by atoms with Gasteiger partial charge in [-0.2, -0.15) is 26.3 Å². The van der Waals surface area contributed by atoms with E-state index in [4.69, 9.17) is 26.3 Å². The Morgan fingerprint density at radius 2 is 0.765 bits per heavy atom. The molecule has 5 heteroatoms. The van der Waals surface area contributed by atoms with Crippen molar-refractivity contribution in [2.45, 2.75) is 0 Å². The Bertz CT molecular complexity index is 655. The van der Waals surface area contributed by atoms with Crippen LogP contribution in [0.5, 0.6) is 0 Å². The first-order valence-corrected chi connectivity index (χ1v) is 4.22. The maximum atomic E-state index is 8.90. The molecule has 0 aromatic heterocycles. The second kappa shape index (κ2) is 4.46. The summed E-state index contributed by atoms with van der Waals surface area (Å²) in [5, 5.41) is 44.5. The molecule has 0 heterocycles. The highest BCUT2D eigenvalue weighted by molar-refractivity contribution is 5.70. The molecule has 0 unspecified atom stereocenters. The van der Waals surface area contributed by atoms with Crippen molar-refractivity contribution < 1.29 is 0 Å². The predicted molar refractivity (Wildman–Crippen MR) is 54.5 cm³/mol. The van der Waals surface area contributed by atoms with Gasteiger partial charge in [-0.1, -0.05) is 0 Å². The van der Waals surface area contributed by atoms with Gasteiger partial charge in [0.1, 0.15) is 30.3 Å². The Morgan fingerprint density at radius 3 is 1.00 bits per heavy atom. The van der Waals surface area contributed by atoms with Gasteiger partial charge in [-0.05, 0) is 12.5 Å². The van der Waals surface area contributed by atoms with Crippen molar-refractivity contribution in [2.24, 2.45) is 0 Å². The summed E-state index contributed by atoms with van der Waals surface area (Å²) in [6, 6.07) is 8.48. The average molecular weight is 216 g/mol. The smallest absolute Gasteiger partial charge is 0.102 e. The molecule has 0 aliphatic carbocycles. The van der Waals surface area contributed by atoms with E-state index in [9.17, 15) is 0 Å². The summed E-state index contributed by atoms with van der Waals surface area (Å²) in [7, 11) is 0. The summed E-state index contributed by atoms with van der Waals surface area (Å²) in [4.78, 5) is 0. The normalized spacial score (nSPS) is 8.00. The van der Waals surface area contributed by atoms with E-state index in [1.165, 1.54) is 0 Å². The van der Waals surface area contributed by atoms with Gasteiger partial charge in [0.05, 0.1) is 27.8 Å². The molecule has 17 heavy (non-hydrogen) atoms. The molecular weight excluding hydrogens is 214 g/mol. The molecule has 0 aliphatic heterocycles. The maximum Gasteiger partial charge on any atom is 0.102 e. The maximum absolute atomic E-state index is 8.90. The van der Waals surface area contributed by atoms with Gasteiger partial charge in [0.25, 0.3) is 0 Å². The van der Waals surface area contributed by atoms with Crippen LogP contribution in [0.25, 0.3) is 0 Å². The number of hydrogen-bond donors (Lipinski definition) is 0. The van der Waals surface area contributed by atoms with Crippen LogP contribution in [0.15, 0.2) is 0 Å². The van der Waals surface area contributed by atoms with Gasteiger partial charge in [-0.15, -0.1) is 0 Å². The SMILES string of the molecule is [CH2]c1c(C#N)c(C#N)c(C#N)c(C#N)c1C#N. The van der Waals surface area contributed by atoms with Crippen LogP contribution in [0, 0.1) is 63.6 Å². The lowest BCUT2D eigenvalue weighted by Crippen LogP contribution is -2.02. The van der Waals surface area contributed by atoms with Crippen LogP contribution in [0.1, 0.15) is 33.4 Å². The van der Waals surface area contributed by atoms with Crippen LogP contribution >= 0.6 is 0 Å². The van der Waals surface area contributed by atoms with Crippen LogP contribution in [0.3, 0.4) is 0 Å². The molecule has 0 amide bonds. The molecule has 0 saturated carbocycles. The first kappa shape index (κ1) is 11.7. The second-order valence-corrected chi connectivity index (χ2v) is 2.91. The molecular formula is C12H2N5. The van der Waals surface area contributed by atoms with Gasteiger partial charge in [0.15, 0.2) is 0 Å². The molecule has 0 N–H and O–H groups in total. The zero-order valence-corrected chi connectivity index (χ0v) is 8.44. The summed E-state index contributed by atoms with van der Waals surface area (Å²) in [5.41, 5.74) is -0.956. The number of benzene rings is 1. The number of hydrogen-bond acceptors (Lipinski definition) is 5. The predicted octanol–water partition coefficient (Wildman–Crippen LogP) is 1.23. The lowest BCUT2D eigenvalue weighted by molar-refractivity contribution is 1.32. The average Bonchev–Trinajstić information content (AvgIpc) is 2.36. The third kappa shape index (κ3) is 1.53. The zero-order valence-electron chi connectivity index (χ0n) is 8.44. The summed E-state index contributed by atoms with van der Waals surface area (Å²) < 4.78 is 0. The van der Waals surface area contributed by atoms with Crippen molar-refractivity contribution in [3.05, 3.63) is 40.3 Å². The third-order valence-electron chi connectivity index (χ3n) is 2.16. The summed E-state index contributed by atoms with van der Waals surface area (Å²) in [5.74, 6) is 0. The minimum Gasteiger partial charge on any atom is -0.192 e. The molecule has 1 aromatic rings. The van der Waals surface area contributed by atoms with E-state index < -0.39 is 0 Å². The van der Waals surface area contributed by atoms with E-state index in [2.05, 4.69) is 6.92 Å². The Balaban J connectivity index is 4.10. The minimum atomic E-state index is -0.254. The fraction of sp³-hybridized carbons (Fsp3) is 0. The van der Waals surface area contributed by atoms with Gasteiger partial charge >= 0.3 is 0 Å². The van der Waals surface area contributed by atoms with Gasteiger partial charge in [0.2, 0.25) is 0 Å². The van der Waals surface area contributed by atoms with Crippen molar-refractivity contribution in [1.29, 1.82) is 26.3 Å². The van der Waals surface area contributed by atoms with E-state index in [0.29, 0.717) is 0 Å². The molecule has 1 rings (SSSR count). The highest BCUT2D eigenvalue weighted by Crippen LogP contribution is 2.25. The summed E-state index contributed by atoms with van der Waals surface area (Å²) in [6.07, 6.45) is 0. The van der Waals surface area contributed by atoms with Gasteiger partial charge in [-0.3, -0.25) is 0 Å². The first-order valence-electron chi connectivity index (χ1n) is 4.22. The Morgan fingerprint density at radius 1 is 0.529 bits per heavy atom. The van der Waals surface area contributed by atoms with Crippen LogP contribution in [-0.2, 0) is 0 Å². The molecule has 1 radical (unpaired) electrons. The van der Waals surface area contributed by atoms with E-state index in [0.717, 1.165) is 0 Å². The molecule has 0 aliphatic rings. The molecule has 0 spiro atoms. The lowest BCUT2D eigenvalue weighted by Gasteiger charge is -2.06. The van der Waals surface area contributed by atoms with Crippen molar-refractivity contribution in [3.63, 3.8) is 0 Å². The van der Waals surface area contributed by atoms with E-state index in [-0.39, 0.29) is 33.4 Å². The van der Waals surface area contributed by atoms with E-state index in [1.54, 1.807) is 30.3 Å². The van der Waals surface area contributed by atoms with Crippen LogP contribution < -0.4 is 0 Å². The third-order valence-corrected chi connectivity index (χ3v) is 2.16. The zero-order chi connectivity index (χ0) is 13.0. The minimum absolute atomic E-state index is 0.00194. The quantitative estimate of drug-likeness (QED) is 0.645. The molecule has 0 fully saturated rings. The van der Waals surface area contributed by atoms with E-state index in [1.807, 2.05) is 0 Å². The summed E-state index contributed by atoms with van der Waals surface area (Å²) in [6.45, 7) is 3.50. The molecule has 75 valence electrons. The van der Waals surface area contributed by atoms with Crippen LogP contribution in [0.4, 0.5) is 0 Å². The molecule has 0 atom stereocenters. The highest BCUT2D eigenvalue weighted by atomic mass is 14.4. The number of nitriles is 5. The Kier molecular flexibility index (Phi) is 3.08. The Labute approximate surface area is 97.6 Å². The highest BCUT2D eigenvalue weighted by Gasteiger charge is 2.21. The fourth-order valence-corrected chi connectivity index (χ4v) is 1.38. The molecule has 5 nitrogen and oxygen atoms in total. The van der Waals surface area contributed by atoms with Gasteiger partial charge in [0, 0.05) is 0 Å². The second-order valence-electron chi connectivity index (χ2n) is 2.91. The molecule has 1 aromatic carbocycles.